The third kappa shape index (κ3) is 3.43. The van der Waals surface area contributed by atoms with E-state index < -0.39 is 9.84 Å². The van der Waals surface area contributed by atoms with Gasteiger partial charge >= 0.3 is 0 Å². The lowest BCUT2D eigenvalue weighted by molar-refractivity contribution is 0.591. The molecule has 0 aromatic heterocycles. The number of hydrogen-bond donors (Lipinski definition) is 0. The fourth-order valence-electron chi connectivity index (χ4n) is 6.17. The lowest BCUT2D eigenvalue weighted by Gasteiger charge is -2.27. The van der Waals surface area contributed by atoms with Crippen molar-refractivity contribution < 1.29 is 8.42 Å². The summed E-state index contributed by atoms with van der Waals surface area (Å²) < 4.78 is 28.0. The van der Waals surface area contributed by atoms with Crippen LogP contribution < -0.4 is 0 Å². The van der Waals surface area contributed by atoms with Crippen LogP contribution in [0.25, 0.3) is 33.0 Å². The first-order valence-electron chi connectivity index (χ1n) is 13.3. The molecule has 1 atom stereocenters. The normalized spacial score (nSPS) is 16.3. The molecule has 0 radical (unpaired) electrons. The third-order valence-corrected chi connectivity index (χ3v) is 9.97. The molecule has 6 aromatic carbocycles. The molecule has 8 rings (SSSR count). The van der Waals surface area contributed by atoms with Crippen molar-refractivity contribution in [2.75, 3.05) is 0 Å². The molecular weight excluding hydrogens is 510 g/mol. The molecule has 2 aliphatic heterocycles. The van der Waals surface area contributed by atoms with E-state index in [4.69, 9.17) is 4.99 Å². The van der Waals surface area contributed by atoms with E-state index in [1.807, 2.05) is 72.8 Å². The van der Waals surface area contributed by atoms with E-state index in [0.29, 0.717) is 9.79 Å². The first kappa shape index (κ1) is 23.1. The van der Waals surface area contributed by atoms with Crippen LogP contribution in [-0.2, 0) is 9.84 Å². The largest absolute Gasteiger partial charge is 0.251 e. The number of fused-ring (bicyclic) bond motifs is 3. The SMILES string of the molecule is O=S1(=O)c2cc(-c3ccc4cc(-c5ccccc5)ccc4c3)ccc2C2C(c3ccccc3)=Nc3cccc1c32. The van der Waals surface area contributed by atoms with Gasteiger partial charge in [-0.3, -0.25) is 4.99 Å². The minimum absolute atomic E-state index is 0.214. The van der Waals surface area contributed by atoms with E-state index in [1.54, 1.807) is 12.1 Å². The molecule has 3 nitrogen and oxygen atoms in total. The molecule has 0 N–H and O–H groups in total. The van der Waals surface area contributed by atoms with Crippen molar-refractivity contribution in [1.29, 1.82) is 0 Å². The molecule has 190 valence electrons. The number of hydrogen-bond acceptors (Lipinski definition) is 3. The van der Waals surface area contributed by atoms with Gasteiger partial charge in [0.25, 0.3) is 0 Å². The van der Waals surface area contributed by atoms with Crippen molar-refractivity contribution in [1.82, 2.24) is 0 Å². The Balaban J connectivity index is 1.25. The van der Waals surface area contributed by atoms with Crippen LogP contribution in [0.3, 0.4) is 0 Å². The van der Waals surface area contributed by atoms with Crippen LogP contribution in [0.15, 0.2) is 148 Å². The molecular formula is C36H23NO2S. The predicted molar refractivity (Wildman–Crippen MR) is 161 cm³/mol. The Morgan fingerprint density at radius 3 is 1.80 bits per heavy atom. The van der Waals surface area contributed by atoms with Crippen molar-refractivity contribution in [3.63, 3.8) is 0 Å². The van der Waals surface area contributed by atoms with Gasteiger partial charge in [0.2, 0.25) is 9.84 Å². The van der Waals surface area contributed by atoms with Crippen LogP contribution >= 0.6 is 0 Å². The molecule has 0 spiro atoms. The highest BCUT2D eigenvalue weighted by Crippen LogP contribution is 2.51. The minimum Gasteiger partial charge on any atom is -0.251 e. The van der Waals surface area contributed by atoms with E-state index in [1.165, 1.54) is 11.1 Å². The Kier molecular flexibility index (Phi) is 4.97. The number of rotatable bonds is 3. The topological polar surface area (TPSA) is 46.5 Å². The molecule has 0 saturated heterocycles. The number of benzene rings is 6. The van der Waals surface area contributed by atoms with Gasteiger partial charge in [0.15, 0.2) is 0 Å². The van der Waals surface area contributed by atoms with Crippen LogP contribution in [0.2, 0.25) is 0 Å². The maximum absolute atomic E-state index is 14.0. The Bertz CT molecular complexity index is 2110. The zero-order valence-corrected chi connectivity index (χ0v) is 22.3. The van der Waals surface area contributed by atoms with E-state index in [2.05, 4.69) is 48.5 Å². The summed E-state index contributed by atoms with van der Waals surface area (Å²) in [6.45, 7) is 0. The Morgan fingerprint density at radius 2 is 1.10 bits per heavy atom. The number of sulfone groups is 1. The average molecular weight is 534 g/mol. The van der Waals surface area contributed by atoms with Crippen molar-refractivity contribution in [2.24, 2.45) is 4.99 Å². The highest BCUT2D eigenvalue weighted by atomic mass is 32.2. The van der Waals surface area contributed by atoms with Crippen molar-refractivity contribution >= 4 is 32.0 Å². The van der Waals surface area contributed by atoms with Crippen molar-refractivity contribution in [2.45, 2.75) is 15.7 Å². The lowest BCUT2D eigenvalue weighted by atomic mass is 9.84. The summed E-state index contributed by atoms with van der Waals surface area (Å²) in [5, 5.41) is 2.26. The quantitative estimate of drug-likeness (QED) is 0.229. The first-order valence-corrected chi connectivity index (χ1v) is 14.8. The van der Waals surface area contributed by atoms with E-state index >= 15 is 0 Å². The molecule has 6 aromatic rings. The monoisotopic (exact) mass is 533 g/mol. The second-order valence-electron chi connectivity index (χ2n) is 10.4. The molecule has 4 heteroatoms. The molecule has 0 bridgehead atoms. The van der Waals surface area contributed by atoms with Crippen LogP contribution in [0.5, 0.6) is 0 Å². The highest BCUT2D eigenvalue weighted by molar-refractivity contribution is 7.91. The smallest absolute Gasteiger partial charge is 0.207 e. The number of aliphatic imine (C=N–C) groups is 1. The van der Waals surface area contributed by atoms with Crippen molar-refractivity contribution in [3.8, 4) is 22.3 Å². The fraction of sp³-hybridized carbons (Fsp3) is 0.0278. The van der Waals surface area contributed by atoms with Gasteiger partial charge in [-0.05, 0) is 74.5 Å². The molecule has 2 aliphatic rings. The summed E-state index contributed by atoms with van der Waals surface area (Å²) in [4.78, 5) is 5.66. The van der Waals surface area contributed by atoms with Gasteiger partial charge in [0.1, 0.15) is 0 Å². The Morgan fingerprint density at radius 1 is 0.500 bits per heavy atom. The van der Waals surface area contributed by atoms with Gasteiger partial charge in [0.05, 0.1) is 27.1 Å². The molecule has 0 amide bonds. The molecule has 0 fully saturated rings. The van der Waals surface area contributed by atoms with Crippen molar-refractivity contribution in [3.05, 3.63) is 150 Å². The molecule has 0 aliphatic carbocycles. The zero-order chi connectivity index (χ0) is 26.8. The summed E-state index contributed by atoms with van der Waals surface area (Å²) in [5.41, 5.74) is 8.45. The van der Waals surface area contributed by atoms with E-state index in [9.17, 15) is 8.42 Å². The van der Waals surface area contributed by atoms with Gasteiger partial charge < -0.3 is 0 Å². The molecule has 40 heavy (non-hydrogen) atoms. The summed E-state index contributed by atoms with van der Waals surface area (Å²) in [6, 6.07) is 44.5. The second kappa shape index (κ2) is 8.60. The van der Waals surface area contributed by atoms with Gasteiger partial charge in [0, 0.05) is 5.56 Å². The molecule has 0 saturated carbocycles. The van der Waals surface area contributed by atoms with Gasteiger partial charge in [-0.25, -0.2) is 8.42 Å². The lowest BCUT2D eigenvalue weighted by Crippen LogP contribution is -2.22. The van der Waals surface area contributed by atoms with E-state index in [-0.39, 0.29) is 5.92 Å². The van der Waals surface area contributed by atoms with Gasteiger partial charge in [-0.15, -0.1) is 0 Å². The van der Waals surface area contributed by atoms with Gasteiger partial charge in [-0.1, -0.05) is 103 Å². The first-order chi connectivity index (χ1) is 19.6. The maximum atomic E-state index is 14.0. The highest BCUT2D eigenvalue weighted by Gasteiger charge is 2.42. The summed E-state index contributed by atoms with van der Waals surface area (Å²) in [5.74, 6) is -0.214. The van der Waals surface area contributed by atoms with Gasteiger partial charge in [-0.2, -0.15) is 0 Å². The van der Waals surface area contributed by atoms with Crippen LogP contribution in [0.4, 0.5) is 5.69 Å². The molecule has 1 unspecified atom stereocenters. The summed E-state index contributed by atoms with van der Waals surface area (Å²) >= 11 is 0. The summed E-state index contributed by atoms with van der Waals surface area (Å²) in [6.07, 6.45) is 0. The maximum Gasteiger partial charge on any atom is 0.207 e. The molecule has 2 heterocycles. The predicted octanol–water partition coefficient (Wildman–Crippen LogP) is 8.59. The Hall–Kier alpha value is -4.80. The minimum atomic E-state index is -3.70. The fourth-order valence-corrected chi connectivity index (χ4v) is 7.95. The second-order valence-corrected chi connectivity index (χ2v) is 12.3. The average Bonchev–Trinajstić information content (AvgIpc) is 3.40. The zero-order valence-electron chi connectivity index (χ0n) is 21.5. The third-order valence-electron chi connectivity index (χ3n) is 8.10. The standard InChI is InChI=1S/C36H23NO2S/c38-40(39)32-13-7-12-31-35(32)34(36(37-31)24-10-5-2-6-11-24)30-19-18-29(22-33(30)40)28-17-16-26-20-25(14-15-27(26)21-28)23-8-3-1-4-9-23/h1-22,34H. The van der Waals surface area contributed by atoms with Crippen LogP contribution in [-0.4, -0.2) is 14.1 Å². The number of nitrogens with zero attached hydrogens (tertiary/aromatic N) is 1. The Labute approximate surface area is 233 Å². The van der Waals surface area contributed by atoms with E-state index in [0.717, 1.165) is 50.0 Å². The van der Waals surface area contributed by atoms with Crippen LogP contribution in [0.1, 0.15) is 22.6 Å². The van der Waals surface area contributed by atoms with Crippen LogP contribution in [0, 0.1) is 0 Å². The summed E-state index contributed by atoms with van der Waals surface area (Å²) in [7, 11) is -3.70.